The largest absolute Gasteiger partial charge is 0.478 e. The number of nitrogen functional groups attached to an aromatic ring is 1. The fraction of sp³-hybridized carbons (Fsp3) is 0.250. The molecule has 0 bridgehead atoms. The first-order valence-corrected chi connectivity index (χ1v) is 8.04. The van der Waals surface area contributed by atoms with Gasteiger partial charge in [-0.15, -0.1) is 6.58 Å². The number of ether oxygens (including phenoxy) is 1. The summed E-state index contributed by atoms with van der Waals surface area (Å²) in [6.07, 6.45) is 1.70. The van der Waals surface area contributed by atoms with E-state index in [-0.39, 0.29) is 5.91 Å². The van der Waals surface area contributed by atoms with Gasteiger partial charge < -0.3 is 15.4 Å². The summed E-state index contributed by atoms with van der Waals surface area (Å²) in [6.45, 7) is 8.30. The summed E-state index contributed by atoms with van der Waals surface area (Å²) in [7, 11) is 0. The van der Waals surface area contributed by atoms with Crippen molar-refractivity contribution in [3.05, 3.63) is 65.7 Å². The minimum atomic E-state index is -0.556. The number of benzene rings is 2. The van der Waals surface area contributed by atoms with Crippen LogP contribution >= 0.6 is 0 Å². The van der Waals surface area contributed by atoms with E-state index >= 15 is 0 Å². The topological polar surface area (TPSA) is 55.6 Å². The van der Waals surface area contributed by atoms with Crippen molar-refractivity contribution in [1.29, 1.82) is 0 Å². The number of carbonyl (C=O) groups excluding carboxylic acids is 1. The number of hydrogen-bond donors (Lipinski definition) is 1. The van der Waals surface area contributed by atoms with E-state index in [1.165, 1.54) is 5.56 Å². The molecule has 0 saturated heterocycles. The normalized spacial score (nSPS) is 16.5. The van der Waals surface area contributed by atoms with Crippen molar-refractivity contribution in [2.24, 2.45) is 0 Å². The van der Waals surface area contributed by atoms with E-state index in [0.29, 0.717) is 24.4 Å². The van der Waals surface area contributed by atoms with Crippen molar-refractivity contribution >= 4 is 17.3 Å². The molecule has 0 radical (unpaired) electrons. The zero-order chi connectivity index (χ0) is 17.3. The number of fused-ring (bicyclic) bond motifs is 1. The molecule has 2 N–H and O–H groups in total. The molecule has 4 heteroatoms. The molecule has 4 nitrogen and oxygen atoms in total. The zero-order valence-electron chi connectivity index (χ0n) is 14.1. The van der Waals surface area contributed by atoms with Crippen LogP contribution < -0.4 is 15.4 Å². The van der Waals surface area contributed by atoms with E-state index in [4.69, 9.17) is 10.5 Å². The molecular weight excluding hydrogens is 300 g/mol. The summed E-state index contributed by atoms with van der Waals surface area (Å²) >= 11 is 0. The molecule has 0 fully saturated rings. The van der Waals surface area contributed by atoms with Gasteiger partial charge in [0.25, 0.3) is 5.91 Å². The fourth-order valence-electron chi connectivity index (χ4n) is 3.01. The molecule has 1 aliphatic heterocycles. The van der Waals surface area contributed by atoms with Gasteiger partial charge in [0.15, 0.2) is 6.10 Å². The number of carbonyl (C=O) groups is 1. The molecule has 0 saturated carbocycles. The van der Waals surface area contributed by atoms with Crippen LogP contribution in [0.1, 0.15) is 16.7 Å². The highest BCUT2D eigenvalue weighted by Crippen LogP contribution is 2.36. The quantitative estimate of drug-likeness (QED) is 0.693. The van der Waals surface area contributed by atoms with Gasteiger partial charge >= 0.3 is 0 Å². The van der Waals surface area contributed by atoms with Crippen LogP contribution in [0, 0.1) is 13.8 Å². The molecule has 24 heavy (non-hydrogen) atoms. The minimum Gasteiger partial charge on any atom is -0.478 e. The van der Waals surface area contributed by atoms with E-state index in [1.807, 2.05) is 13.0 Å². The smallest absolute Gasteiger partial charge is 0.268 e. The van der Waals surface area contributed by atoms with Crippen molar-refractivity contribution in [3.63, 3.8) is 0 Å². The number of amides is 1. The van der Waals surface area contributed by atoms with Crippen LogP contribution in [0.15, 0.2) is 49.1 Å². The number of nitrogens with zero attached hydrogens (tertiary/aromatic N) is 1. The maximum Gasteiger partial charge on any atom is 0.268 e. The van der Waals surface area contributed by atoms with Crippen molar-refractivity contribution < 1.29 is 9.53 Å². The second-order valence-electron chi connectivity index (χ2n) is 6.21. The molecule has 2 aromatic rings. The first kappa shape index (κ1) is 16.1. The molecule has 0 aliphatic carbocycles. The Morgan fingerprint density at radius 3 is 2.79 bits per heavy atom. The molecule has 0 spiro atoms. The second kappa shape index (κ2) is 6.40. The molecular formula is C20H22N2O2. The molecule has 0 aromatic heterocycles. The van der Waals surface area contributed by atoms with Gasteiger partial charge in [-0.2, -0.15) is 0 Å². The van der Waals surface area contributed by atoms with Gasteiger partial charge in [0, 0.05) is 24.7 Å². The third-order valence-electron chi connectivity index (χ3n) is 4.31. The fourth-order valence-corrected chi connectivity index (χ4v) is 3.01. The number of hydrogen-bond acceptors (Lipinski definition) is 3. The zero-order valence-corrected chi connectivity index (χ0v) is 14.1. The van der Waals surface area contributed by atoms with Crippen molar-refractivity contribution in [2.45, 2.75) is 26.4 Å². The second-order valence-corrected chi connectivity index (χ2v) is 6.21. The van der Waals surface area contributed by atoms with Crippen LogP contribution in [-0.4, -0.2) is 18.6 Å². The van der Waals surface area contributed by atoms with E-state index < -0.39 is 6.10 Å². The van der Waals surface area contributed by atoms with Gasteiger partial charge in [-0.25, -0.2) is 0 Å². The molecule has 1 amide bonds. The average molecular weight is 322 g/mol. The first-order valence-electron chi connectivity index (χ1n) is 8.04. The SMILES string of the molecule is C=CCN1C(=O)C(Cc2cc(C)ccc2C)Oc2cc(N)ccc21. The van der Waals surface area contributed by atoms with Crippen molar-refractivity contribution in [1.82, 2.24) is 0 Å². The molecule has 124 valence electrons. The standard InChI is InChI=1S/C20H22N2O2/c1-4-9-22-17-8-7-16(21)12-18(17)24-19(20(22)23)11-15-10-13(2)5-6-14(15)3/h4-8,10,12,19H,1,9,11,21H2,2-3H3. The highest BCUT2D eigenvalue weighted by molar-refractivity contribution is 6.00. The summed E-state index contributed by atoms with van der Waals surface area (Å²) in [5.74, 6) is 0.597. The highest BCUT2D eigenvalue weighted by Gasteiger charge is 2.34. The Morgan fingerprint density at radius 2 is 2.04 bits per heavy atom. The number of nitrogens with two attached hydrogens (primary N) is 1. The van der Waals surface area contributed by atoms with Gasteiger partial charge in [0.05, 0.1) is 5.69 Å². The van der Waals surface area contributed by atoms with Crippen LogP contribution in [0.4, 0.5) is 11.4 Å². The molecule has 1 heterocycles. The lowest BCUT2D eigenvalue weighted by atomic mass is 9.98. The summed E-state index contributed by atoms with van der Waals surface area (Å²) in [5, 5.41) is 0. The molecule has 2 aromatic carbocycles. The Kier molecular flexibility index (Phi) is 4.30. The van der Waals surface area contributed by atoms with Crippen LogP contribution in [0.3, 0.4) is 0 Å². The number of anilines is 2. The Balaban J connectivity index is 1.96. The van der Waals surface area contributed by atoms with Crippen LogP contribution in [0.2, 0.25) is 0 Å². The molecule has 1 aliphatic rings. The van der Waals surface area contributed by atoms with E-state index in [0.717, 1.165) is 16.8 Å². The third kappa shape index (κ3) is 3.00. The maximum absolute atomic E-state index is 12.9. The molecule has 3 rings (SSSR count). The van der Waals surface area contributed by atoms with E-state index in [2.05, 4.69) is 31.7 Å². The lowest BCUT2D eigenvalue weighted by Gasteiger charge is -2.34. The van der Waals surface area contributed by atoms with Crippen molar-refractivity contribution in [2.75, 3.05) is 17.2 Å². The minimum absolute atomic E-state index is 0.0481. The van der Waals surface area contributed by atoms with Crippen LogP contribution in [0.5, 0.6) is 5.75 Å². The van der Waals surface area contributed by atoms with Gasteiger partial charge in [-0.1, -0.05) is 29.8 Å². The first-order chi connectivity index (χ1) is 11.5. The van der Waals surface area contributed by atoms with E-state index in [9.17, 15) is 4.79 Å². The lowest BCUT2D eigenvalue weighted by molar-refractivity contribution is -0.126. The molecule has 1 atom stereocenters. The Hall–Kier alpha value is -2.75. The van der Waals surface area contributed by atoms with Gasteiger partial charge in [-0.05, 0) is 37.1 Å². The third-order valence-corrected chi connectivity index (χ3v) is 4.31. The molecule has 1 unspecified atom stereocenters. The van der Waals surface area contributed by atoms with Gasteiger partial charge in [0.1, 0.15) is 5.75 Å². The van der Waals surface area contributed by atoms with Crippen LogP contribution in [-0.2, 0) is 11.2 Å². The predicted molar refractivity (Wildman–Crippen MR) is 97.4 cm³/mol. The monoisotopic (exact) mass is 322 g/mol. The Bertz CT molecular complexity index is 798. The summed E-state index contributed by atoms with van der Waals surface area (Å²) < 4.78 is 5.99. The predicted octanol–water partition coefficient (Wildman–Crippen LogP) is 3.41. The van der Waals surface area contributed by atoms with Gasteiger partial charge in [0.2, 0.25) is 0 Å². The highest BCUT2D eigenvalue weighted by atomic mass is 16.5. The summed E-state index contributed by atoms with van der Waals surface area (Å²) in [6, 6.07) is 11.6. The maximum atomic E-state index is 12.9. The Labute approximate surface area is 142 Å². The summed E-state index contributed by atoms with van der Waals surface area (Å²) in [4.78, 5) is 14.6. The lowest BCUT2D eigenvalue weighted by Crippen LogP contribution is -2.47. The average Bonchev–Trinajstić information content (AvgIpc) is 2.54. The van der Waals surface area contributed by atoms with Crippen molar-refractivity contribution in [3.8, 4) is 5.75 Å². The van der Waals surface area contributed by atoms with E-state index in [1.54, 1.807) is 23.1 Å². The van der Waals surface area contributed by atoms with Gasteiger partial charge in [-0.3, -0.25) is 4.79 Å². The number of rotatable bonds is 4. The summed E-state index contributed by atoms with van der Waals surface area (Å²) in [5.41, 5.74) is 10.7. The number of aryl methyl sites for hydroxylation is 2. The Morgan fingerprint density at radius 1 is 1.25 bits per heavy atom. The van der Waals surface area contributed by atoms with Crippen LogP contribution in [0.25, 0.3) is 0 Å².